The quantitative estimate of drug-likeness (QED) is 0.508. The van der Waals surface area contributed by atoms with Crippen LogP contribution in [0.2, 0.25) is 0 Å². The molecule has 0 aromatic heterocycles. The molecule has 15 heteroatoms. The van der Waals surface area contributed by atoms with E-state index in [0.717, 1.165) is 0 Å². The molecule has 29 heavy (non-hydrogen) atoms. The molecule has 0 unspecified atom stereocenters. The zero-order chi connectivity index (χ0) is 23.3. The minimum atomic E-state index is -6.64. The Hall–Kier alpha value is -2.16. The summed E-state index contributed by atoms with van der Waals surface area (Å²) in [6.07, 6.45) is -26.3. The Balaban J connectivity index is 4.06. The lowest BCUT2D eigenvalue weighted by molar-refractivity contribution is -0.378. The fraction of sp³-hybridized carbons (Fsp3) is 0.429. The van der Waals surface area contributed by atoms with Crippen molar-refractivity contribution in [3.63, 3.8) is 0 Å². The number of hydrogen-bond acceptors (Lipinski definition) is 3. The fourth-order valence-electron chi connectivity index (χ4n) is 2.16. The van der Waals surface area contributed by atoms with Crippen LogP contribution >= 0.6 is 0 Å². The first kappa shape index (κ1) is 24.9. The van der Waals surface area contributed by atoms with Crippen molar-refractivity contribution < 1.29 is 67.6 Å². The molecule has 2 N–H and O–H groups in total. The molecule has 0 atom stereocenters. The SMILES string of the molecule is C=COc1cc(C(O)(C(F)(F)F)C(F)(F)F)cc(C(O)(C(F)(F)F)C(F)(F)F)c1. The van der Waals surface area contributed by atoms with Gasteiger partial charge in [0.05, 0.1) is 6.26 Å². The van der Waals surface area contributed by atoms with Crippen LogP contribution in [0.1, 0.15) is 11.1 Å². The van der Waals surface area contributed by atoms with Gasteiger partial charge in [-0.05, 0) is 18.2 Å². The third-order valence-electron chi connectivity index (χ3n) is 3.60. The van der Waals surface area contributed by atoms with Crippen LogP contribution < -0.4 is 4.74 Å². The highest BCUT2D eigenvalue weighted by molar-refractivity contribution is 5.43. The van der Waals surface area contributed by atoms with Crippen LogP contribution in [0.3, 0.4) is 0 Å². The number of rotatable bonds is 4. The zero-order valence-corrected chi connectivity index (χ0v) is 13.4. The second kappa shape index (κ2) is 6.97. The van der Waals surface area contributed by atoms with Crippen molar-refractivity contribution >= 4 is 0 Å². The Kier molecular flexibility index (Phi) is 5.98. The number of alkyl halides is 12. The van der Waals surface area contributed by atoms with Gasteiger partial charge in [0, 0.05) is 11.1 Å². The van der Waals surface area contributed by atoms with Gasteiger partial charge in [-0.15, -0.1) is 0 Å². The summed E-state index contributed by atoms with van der Waals surface area (Å²) in [6.45, 7) is 2.80. The monoisotopic (exact) mass is 452 g/mol. The van der Waals surface area contributed by atoms with E-state index in [2.05, 4.69) is 11.3 Å². The van der Waals surface area contributed by atoms with Crippen LogP contribution in [-0.2, 0) is 11.2 Å². The van der Waals surface area contributed by atoms with Crippen molar-refractivity contribution in [2.45, 2.75) is 35.9 Å². The third-order valence-corrected chi connectivity index (χ3v) is 3.60. The number of aliphatic hydroxyl groups is 2. The van der Waals surface area contributed by atoms with Crippen molar-refractivity contribution in [1.82, 2.24) is 0 Å². The van der Waals surface area contributed by atoms with E-state index in [4.69, 9.17) is 0 Å². The average molecular weight is 452 g/mol. The molecule has 1 aromatic rings. The summed E-state index contributed by atoms with van der Waals surface area (Å²) in [5.41, 5.74) is -16.8. The highest BCUT2D eigenvalue weighted by Crippen LogP contribution is 2.54. The summed E-state index contributed by atoms with van der Waals surface area (Å²) in [5.74, 6) is -1.44. The Morgan fingerprint density at radius 1 is 0.621 bits per heavy atom. The molecular weight excluding hydrogens is 444 g/mol. The van der Waals surface area contributed by atoms with E-state index in [-0.39, 0.29) is 18.4 Å². The zero-order valence-electron chi connectivity index (χ0n) is 13.4. The number of ether oxygens (including phenoxy) is 1. The summed E-state index contributed by atoms with van der Waals surface area (Å²) in [7, 11) is 0. The molecule has 0 amide bonds. The molecule has 0 aliphatic heterocycles. The molecule has 0 aliphatic carbocycles. The first-order valence-corrected chi connectivity index (χ1v) is 6.80. The first-order valence-electron chi connectivity index (χ1n) is 6.80. The van der Waals surface area contributed by atoms with Crippen molar-refractivity contribution in [2.75, 3.05) is 0 Å². The van der Waals surface area contributed by atoms with Gasteiger partial charge in [0.15, 0.2) is 0 Å². The van der Waals surface area contributed by atoms with Crippen molar-refractivity contribution in [1.29, 1.82) is 0 Å². The molecule has 0 aliphatic rings. The molecule has 0 spiro atoms. The second-order valence-electron chi connectivity index (χ2n) is 5.44. The maximum Gasteiger partial charge on any atom is 0.430 e. The minimum absolute atomic E-state index is 0.253. The Bertz CT molecular complexity index is 673. The van der Waals surface area contributed by atoms with E-state index in [1.165, 1.54) is 0 Å². The molecular formula is C14H8F12O3. The summed E-state index contributed by atoms with van der Waals surface area (Å²) in [6, 6.07) is -1.53. The van der Waals surface area contributed by atoms with Gasteiger partial charge in [-0.2, -0.15) is 52.7 Å². The highest BCUT2D eigenvalue weighted by Gasteiger charge is 2.74. The van der Waals surface area contributed by atoms with E-state index in [1.54, 1.807) is 0 Å². The van der Waals surface area contributed by atoms with Crippen molar-refractivity contribution in [3.05, 3.63) is 42.2 Å². The van der Waals surface area contributed by atoms with Crippen LogP contribution in [0.4, 0.5) is 52.7 Å². The summed E-state index contributed by atoms with van der Waals surface area (Å²) < 4.78 is 160. The minimum Gasteiger partial charge on any atom is -0.466 e. The number of benzene rings is 1. The molecule has 1 rings (SSSR count). The van der Waals surface area contributed by atoms with Crippen LogP contribution in [0, 0.1) is 0 Å². The van der Waals surface area contributed by atoms with E-state index in [1.807, 2.05) is 0 Å². The molecule has 0 bridgehead atoms. The molecule has 166 valence electrons. The van der Waals surface area contributed by atoms with Gasteiger partial charge >= 0.3 is 24.7 Å². The Morgan fingerprint density at radius 2 is 0.897 bits per heavy atom. The molecule has 0 fully saturated rings. The van der Waals surface area contributed by atoms with Crippen LogP contribution in [0.15, 0.2) is 31.0 Å². The van der Waals surface area contributed by atoms with Gasteiger partial charge in [0.2, 0.25) is 0 Å². The largest absolute Gasteiger partial charge is 0.466 e. The van der Waals surface area contributed by atoms with Crippen LogP contribution in [-0.4, -0.2) is 34.9 Å². The lowest BCUT2D eigenvalue weighted by atomic mass is 9.85. The predicted octanol–water partition coefficient (Wildman–Crippen LogP) is 4.83. The van der Waals surface area contributed by atoms with Gasteiger partial charge in [-0.1, -0.05) is 6.58 Å². The highest BCUT2D eigenvalue weighted by atomic mass is 19.4. The van der Waals surface area contributed by atoms with Crippen molar-refractivity contribution in [3.8, 4) is 5.75 Å². The van der Waals surface area contributed by atoms with Crippen molar-refractivity contribution in [2.24, 2.45) is 0 Å². The van der Waals surface area contributed by atoms with Gasteiger partial charge in [0.1, 0.15) is 5.75 Å². The molecule has 0 saturated carbocycles. The smallest absolute Gasteiger partial charge is 0.430 e. The second-order valence-corrected chi connectivity index (χ2v) is 5.44. The Morgan fingerprint density at radius 3 is 1.10 bits per heavy atom. The maximum absolute atomic E-state index is 13.0. The topological polar surface area (TPSA) is 49.7 Å². The standard InChI is InChI=1S/C14H8F12O3/c1-2-29-8-4-6(9(27,11(15,16)17)12(18,19)20)3-7(5-8)10(28,13(21,22)23)14(24,25)26/h2-5,27-28H,1H2. The number of hydrogen-bond donors (Lipinski definition) is 2. The van der Waals surface area contributed by atoms with Gasteiger partial charge in [0.25, 0.3) is 11.2 Å². The fourth-order valence-corrected chi connectivity index (χ4v) is 2.16. The first-order chi connectivity index (χ1) is 12.6. The molecule has 0 heterocycles. The van der Waals surface area contributed by atoms with Crippen LogP contribution in [0.25, 0.3) is 0 Å². The molecule has 0 radical (unpaired) electrons. The molecule has 3 nitrogen and oxygen atoms in total. The van der Waals surface area contributed by atoms with E-state index < -0.39 is 58.9 Å². The third kappa shape index (κ3) is 3.97. The predicted molar refractivity (Wildman–Crippen MR) is 69.3 cm³/mol. The Labute approximate surface area is 152 Å². The van der Waals surface area contributed by atoms with E-state index in [0.29, 0.717) is 0 Å². The maximum atomic E-state index is 13.0. The molecule has 0 saturated heterocycles. The van der Waals surface area contributed by atoms with E-state index >= 15 is 0 Å². The summed E-state index contributed by atoms with van der Waals surface area (Å²) in [5, 5.41) is 18.5. The summed E-state index contributed by atoms with van der Waals surface area (Å²) in [4.78, 5) is 0. The number of halogens is 12. The van der Waals surface area contributed by atoms with Gasteiger partial charge in [-0.3, -0.25) is 0 Å². The average Bonchev–Trinajstić information content (AvgIpc) is 2.48. The lowest BCUT2D eigenvalue weighted by Crippen LogP contribution is -2.55. The normalized spacial score (nSPS) is 14.7. The van der Waals surface area contributed by atoms with E-state index in [9.17, 15) is 62.9 Å². The lowest BCUT2D eigenvalue weighted by Gasteiger charge is -2.36. The van der Waals surface area contributed by atoms with Crippen LogP contribution in [0.5, 0.6) is 5.75 Å². The van der Waals surface area contributed by atoms with Gasteiger partial charge in [-0.25, -0.2) is 0 Å². The van der Waals surface area contributed by atoms with Gasteiger partial charge < -0.3 is 14.9 Å². The molecule has 1 aromatic carbocycles. The summed E-state index contributed by atoms with van der Waals surface area (Å²) >= 11 is 0.